The molecule has 0 aliphatic carbocycles. The van der Waals surface area contributed by atoms with Crippen molar-refractivity contribution in [3.8, 4) is 0 Å². The van der Waals surface area contributed by atoms with Crippen molar-refractivity contribution >= 4 is 39.9 Å². The van der Waals surface area contributed by atoms with Crippen LogP contribution in [-0.4, -0.2) is 5.75 Å². The fourth-order valence-corrected chi connectivity index (χ4v) is 2.38. The molecule has 1 nitrogen and oxygen atoms in total. The molecule has 1 unspecified atom stereocenters. The molecular weight excluding hydrogens is 230 g/mol. The van der Waals surface area contributed by atoms with Crippen molar-refractivity contribution in [1.82, 2.24) is 0 Å². The lowest BCUT2D eigenvalue weighted by Gasteiger charge is -2.02. The predicted molar refractivity (Wildman–Crippen MR) is 52.8 cm³/mol. The van der Waals surface area contributed by atoms with Gasteiger partial charge in [0.15, 0.2) is 0 Å². The van der Waals surface area contributed by atoms with Gasteiger partial charge in [0.25, 0.3) is 0 Å². The van der Waals surface area contributed by atoms with E-state index in [1.54, 1.807) is 11.3 Å². The van der Waals surface area contributed by atoms with Gasteiger partial charge in [-0.1, -0.05) is 0 Å². The zero-order chi connectivity index (χ0) is 7.56. The van der Waals surface area contributed by atoms with Crippen LogP contribution in [0.3, 0.4) is 0 Å². The Hall–Kier alpha value is 0.490. The Morgan fingerprint density at radius 1 is 1.80 bits per heavy atom. The van der Waals surface area contributed by atoms with Gasteiger partial charge < -0.3 is 5.73 Å². The van der Waals surface area contributed by atoms with Gasteiger partial charge in [-0.3, -0.25) is 0 Å². The molecule has 1 aromatic rings. The number of thiophene rings is 1. The monoisotopic (exact) mass is 237 g/mol. The van der Waals surface area contributed by atoms with Gasteiger partial charge in [-0.25, -0.2) is 0 Å². The molecule has 0 amide bonds. The van der Waals surface area contributed by atoms with E-state index >= 15 is 0 Å². The van der Waals surface area contributed by atoms with Crippen LogP contribution in [0.15, 0.2) is 15.9 Å². The highest BCUT2D eigenvalue weighted by molar-refractivity contribution is 9.10. The zero-order valence-corrected chi connectivity index (χ0v) is 8.55. The lowest BCUT2D eigenvalue weighted by Crippen LogP contribution is -2.09. The number of hydrogen-bond donors (Lipinski definition) is 2. The zero-order valence-electron chi connectivity index (χ0n) is 5.25. The average molecular weight is 238 g/mol. The first-order valence-electron chi connectivity index (χ1n) is 2.84. The van der Waals surface area contributed by atoms with E-state index in [-0.39, 0.29) is 6.04 Å². The minimum atomic E-state index is 0.0830. The average Bonchev–Trinajstić information content (AvgIpc) is 2.34. The Morgan fingerprint density at radius 2 is 2.50 bits per heavy atom. The van der Waals surface area contributed by atoms with E-state index in [4.69, 9.17) is 5.73 Å². The van der Waals surface area contributed by atoms with Crippen LogP contribution >= 0.6 is 39.9 Å². The molecule has 1 rings (SSSR count). The minimum Gasteiger partial charge on any atom is -0.323 e. The first kappa shape index (κ1) is 8.59. The molecule has 56 valence electrons. The summed E-state index contributed by atoms with van der Waals surface area (Å²) in [5, 5.41) is 2.03. The van der Waals surface area contributed by atoms with Crippen molar-refractivity contribution in [3.63, 3.8) is 0 Å². The maximum Gasteiger partial charge on any atom is 0.0479 e. The van der Waals surface area contributed by atoms with Crippen molar-refractivity contribution < 1.29 is 0 Å². The van der Waals surface area contributed by atoms with Crippen LogP contribution in [0.4, 0.5) is 0 Å². The minimum absolute atomic E-state index is 0.0830. The van der Waals surface area contributed by atoms with E-state index in [0.29, 0.717) is 5.75 Å². The SMILES string of the molecule is NC(CS)c1cc(Br)cs1. The topological polar surface area (TPSA) is 26.0 Å². The molecular formula is C6H8BrNS2. The second-order valence-electron chi connectivity index (χ2n) is 1.96. The van der Waals surface area contributed by atoms with Gasteiger partial charge in [0.2, 0.25) is 0 Å². The summed E-state index contributed by atoms with van der Waals surface area (Å²) in [6.45, 7) is 0. The summed E-state index contributed by atoms with van der Waals surface area (Å²) in [6, 6.07) is 2.12. The summed E-state index contributed by atoms with van der Waals surface area (Å²) in [5.74, 6) is 0.701. The second-order valence-corrected chi connectivity index (χ2v) is 4.18. The van der Waals surface area contributed by atoms with E-state index in [0.717, 1.165) is 4.47 Å². The van der Waals surface area contributed by atoms with Crippen LogP contribution in [-0.2, 0) is 0 Å². The summed E-state index contributed by atoms with van der Waals surface area (Å²) < 4.78 is 1.10. The summed E-state index contributed by atoms with van der Waals surface area (Å²) in [5.41, 5.74) is 5.72. The van der Waals surface area contributed by atoms with Crippen molar-refractivity contribution in [2.75, 3.05) is 5.75 Å². The molecule has 2 N–H and O–H groups in total. The van der Waals surface area contributed by atoms with Crippen LogP contribution in [0.1, 0.15) is 10.9 Å². The normalized spacial score (nSPS) is 13.5. The van der Waals surface area contributed by atoms with Crippen LogP contribution in [0.5, 0.6) is 0 Å². The van der Waals surface area contributed by atoms with Gasteiger partial charge in [0, 0.05) is 26.5 Å². The first-order chi connectivity index (χ1) is 4.74. The van der Waals surface area contributed by atoms with Crippen molar-refractivity contribution in [3.05, 3.63) is 20.8 Å². The smallest absolute Gasteiger partial charge is 0.0479 e. The molecule has 0 bridgehead atoms. The van der Waals surface area contributed by atoms with Crippen molar-refractivity contribution in [2.45, 2.75) is 6.04 Å². The van der Waals surface area contributed by atoms with E-state index in [1.807, 2.05) is 11.4 Å². The number of halogens is 1. The molecule has 0 radical (unpaired) electrons. The second kappa shape index (κ2) is 3.76. The quantitative estimate of drug-likeness (QED) is 0.760. The van der Waals surface area contributed by atoms with Gasteiger partial charge in [0.05, 0.1) is 0 Å². The third kappa shape index (κ3) is 1.99. The van der Waals surface area contributed by atoms with Gasteiger partial charge in [-0.2, -0.15) is 12.6 Å². The molecule has 4 heteroatoms. The van der Waals surface area contributed by atoms with Gasteiger partial charge in [-0.15, -0.1) is 11.3 Å². The number of nitrogens with two attached hydrogens (primary N) is 1. The Kier molecular flexibility index (Phi) is 3.23. The maximum absolute atomic E-state index is 5.72. The van der Waals surface area contributed by atoms with E-state index < -0.39 is 0 Å². The summed E-state index contributed by atoms with van der Waals surface area (Å²) in [6.07, 6.45) is 0. The Balaban J connectivity index is 2.74. The predicted octanol–water partition coefficient (Wildman–Crippen LogP) is 2.44. The molecule has 0 saturated carbocycles. The fraction of sp³-hybridized carbons (Fsp3) is 0.333. The molecule has 1 atom stereocenters. The van der Waals surface area contributed by atoms with Crippen molar-refractivity contribution in [1.29, 1.82) is 0 Å². The summed E-state index contributed by atoms with van der Waals surface area (Å²) in [4.78, 5) is 1.18. The number of thiol groups is 1. The molecule has 0 spiro atoms. The third-order valence-electron chi connectivity index (χ3n) is 1.15. The Morgan fingerprint density at radius 3 is 2.90 bits per heavy atom. The molecule has 0 aromatic carbocycles. The van der Waals surface area contributed by atoms with Gasteiger partial charge in [0.1, 0.15) is 0 Å². The highest BCUT2D eigenvalue weighted by Gasteiger charge is 2.04. The first-order valence-corrected chi connectivity index (χ1v) is 5.15. The molecule has 1 aromatic heterocycles. The lowest BCUT2D eigenvalue weighted by molar-refractivity contribution is 0.855. The van der Waals surface area contributed by atoms with Crippen molar-refractivity contribution in [2.24, 2.45) is 5.73 Å². The molecule has 0 fully saturated rings. The number of rotatable bonds is 2. The van der Waals surface area contributed by atoms with Crippen LogP contribution in [0.25, 0.3) is 0 Å². The third-order valence-corrected chi connectivity index (χ3v) is 3.37. The van der Waals surface area contributed by atoms with Gasteiger partial charge in [-0.05, 0) is 22.0 Å². The summed E-state index contributed by atoms with van der Waals surface area (Å²) >= 11 is 9.12. The maximum atomic E-state index is 5.72. The van der Waals surface area contributed by atoms with E-state index in [2.05, 4.69) is 28.6 Å². The lowest BCUT2D eigenvalue weighted by atomic mass is 10.3. The van der Waals surface area contributed by atoms with Crippen LogP contribution in [0.2, 0.25) is 0 Å². The fourth-order valence-electron chi connectivity index (χ4n) is 0.613. The standard InChI is InChI=1S/C6H8BrNS2/c7-4-1-6(10-3-4)5(8)2-9/h1,3,5,9H,2,8H2. The highest BCUT2D eigenvalue weighted by atomic mass is 79.9. The summed E-state index contributed by atoms with van der Waals surface area (Å²) in [7, 11) is 0. The highest BCUT2D eigenvalue weighted by Crippen LogP contribution is 2.24. The van der Waals surface area contributed by atoms with Crippen LogP contribution in [0, 0.1) is 0 Å². The molecule has 0 aliphatic rings. The van der Waals surface area contributed by atoms with E-state index in [9.17, 15) is 0 Å². The number of hydrogen-bond acceptors (Lipinski definition) is 3. The molecule has 0 aliphatic heterocycles. The van der Waals surface area contributed by atoms with Crippen LogP contribution < -0.4 is 5.73 Å². The Labute approximate surface area is 78.2 Å². The molecule has 10 heavy (non-hydrogen) atoms. The Bertz CT molecular complexity index is 211. The molecule has 0 saturated heterocycles. The van der Waals surface area contributed by atoms with Gasteiger partial charge >= 0.3 is 0 Å². The molecule has 1 heterocycles. The largest absolute Gasteiger partial charge is 0.323 e. The van der Waals surface area contributed by atoms with E-state index in [1.165, 1.54) is 4.88 Å².